The number of hydrogen-bond acceptors (Lipinski definition) is 3. The van der Waals surface area contributed by atoms with Crippen molar-refractivity contribution in [3.8, 4) is 0 Å². The smallest absolute Gasteiger partial charge is 0.121 e. The summed E-state index contributed by atoms with van der Waals surface area (Å²) in [5.41, 5.74) is 2.15. The van der Waals surface area contributed by atoms with Crippen LogP contribution in [-0.2, 0) is 11.3 Å². The highest BCUT2D eigenvalue weighted by Gasteiger charge is 2.13. The molecule has 0 bridgehead atoms. The third-order valence-electron chi connectivity index (χ3n) is 3.50. The Labute approximate surface area is 107 Å². The van der Waals surface area contributed by atoms with Crippen molar-refractivity contribution in [1.82, 2.24) is 15.3 Å². The molecule has 1 aliphatic heterocycles. The molecule has 0 amide bonds. The van der Waals surface area contributed by atoms with Crippen LogP contribution >= 0.6 is 0 Å². The fourth-order valence-electron chi connectivity index (χ4n) is 2.43. The van der Waals surface area contributed by atoms with E-state index >= 15 is 0 Å². The van der Waals surface area contributed by atoms with Crippen LogP contribution < -0.4 is 5.32 Å². The van der Waals surface area contributed by atoms with Crippen LogP contribution in [0.2, 0.25) is 0 Å². The number of aromatic amines is 1. The molecule has 1 aromatic heterocycles. The fourth-order valence-corrected chi connectivity index (χ4v) is 2.43. The zero-order valence-electron chi connectivity index (χ0n) is 10.5. The van der Waals surface area contributed by atoms with Gasteiger partial charge >= 0.3 is 0 Å². The number of nitrogens with one attached hydrogen (secondary N) is 2. The third-order valence-corrected chi connectivity index (χ3v) is 3.50. The van der Waals surface area contributed by atoms with E-state index in [0.29, 0.717) is 0 Å². The highest BCUT2D eigenvalue weighted by molar-refractivity contribution is 5.74. The zero-order chi connectivity index (χ0) is 12.2. The summed E-state index contributed by atoms with van der Waals surface area (Å²) in [7, 11) is 0. The van der Waals surface area contributed by atoms with Crippen molar-refractivity contribution < 1.29 is 4.74 Å². The van der Waals surface area contributed by atoms with E-state index in [2.05, 4.69) is 21.4 Å². The molecular formula is C14H19N3O. The number of benzene rings is 1. The fraction of sp³-hybridized carbons (Fsp3) is 0.500. The molecule has 2 heterocycles. The minimum absolute atomic E-state index is 0.753. The van der Waals surface area contributed by atoms with Gasteiger partial charge < -0.3 is 15.0 Å². The summed E-state index contributed by atoms with van der Waals surface area (Å²) in [5, 5.41) is 3.48. The number of rotatable bonds is 4. The number of ether oxygens (including phenoxy) is 1. The van der Waals surface area contributed by atoms with Crippen LogP contribution in [0.1, 0.15) is 18.7 Å². The van der Waals surface area contributed by atoms with Crippen LogP contribution in [0, 0.1) is 5.92 Å². The van der Waals surface area contributed by atoms with Gasteiger partial charge in [-0.3, -0.25) is 0 Å². The lowest BCUT2D eigenvalue weighted by Gasteiger charge is -2.21. The number of fused-ring (bicyclic) bond motifs is 1. The SMILES string of the molecule is c1ccc2[nH]c(CNCC3CCOCC3)nc2c1. The lowest BCUT2D eigenvalue weighted by molar-refractivity contribution is 0.0662. The van der Waals surface area contributed by atoms with E-state index < -0.39 is 0 Å². The molecule has 0 radical (unpaired) electrons. The van der Waals surface area contributed by atoms with Gasteiger partial charge in [-0.25, -0.2) is 4.98 Å². The first-order valence-electron chi connectivity index (χ1n) is 6.64. The Hall–Kier alpha value is -1.39. The number of H-pyrrole nitrogens is 1. The van der Waals surface area contributed by atoms with Gasteiger partial charge in [0.05, 0.1) is 17.6 Å². The number of imidazole rings is 1. The van der Waals surface area contributed by atoms with E-state index in [1.54, 1.807) is 0 Å². The Balaban J connectivity index is 1.53. The van der Waals surface area contributed by atoms with Gasteiger partial charge in [0.15, 0.2) is 0 Å². The first kappa shape index (κ1) is 11.7. The molecule has 4 heteroatoms. The highest BCUT2D eigenvalue weighted by atomic mass is 16.5. The van der Waals surface area contributed by atoms with Gasteiger partial charge in [-0.1, -0.05) is 12.1 Å². The minimum atomic E-state index is 0.753. The van der Waals surface area contributed by atoms with Crippen LogP contribution in [-0.4, -0.2) is 29.7 Å². The molecule has 2 aromatic rings. The lowest BCUT2D eigenvalue weighted by atomic mass is 10.0. The summed E-state index contributed by atoms with van der Waals surface area (Å²) in [6.45, 7) is 3.69. The summed E-state index contributed by atoms with van der Waals surface area (Å²) < 4.78 is 5.36. The second-order valence-corrected chi connectivity index (χ2v) is 4.89. The Bertz CT molecular complexity index is 469. The maximum Gasteiger partial charge on any atom is 0.121 e. The second-order valence-electron chi connectivity index (χ2n) is 4.89. The zero-order valence-corrected chi connectivity index (χ0v) is 10.5. The van der Waals surface area contributed by atoms with Crippen molar-refractivity contribution in [2.24, 2.45) is 5.92 Å². The van der Waals surface area contributed by atoms with Crippen molar-refractivity contribution in [2.75, 3.05) is 19.8 Å². The summed E-state index contributed by atoms with van der Waals surface area (Å²) in [6.07, 6.45) is 2.35. The van der Waals surface area contributed by atoms with Crippen molar-refractivity contribution in [1.29, 1.82) is 0 Å². The monoisotopic (exact) mass is 245 g/mol. The maximum atomic E-state index is 5.36. The molecule has 2 N–H and O–H groups in total. The van der Waals surface area contributed by atoms with Crippen LogP contribution in [0.25, 0.3) is 11.0 Å². The first-order chi connectivity index (χ1) is 8.92. The summed E-state index contributed by atoms with van der Waals surface area (Å²) in [6, 6.07) is 8.14. The average molecular weight is 245 g/mol. The Morgan fingerprint density at radius 1 is 1.28 bits per heavy atom. The third kappa shape index (κ3) is 2.71. The van der Waals surface area contributed by atoms with Gasteiger partial charge in [-0.15, -0.1) is 0 Å². The number of hydrogen-bond donors (Lipinski definition) is 2. The van der Waals surface area contributed by atoms with Crippen LogP contribution in [0.3, 0.4) is 0 Å². The van der Waals surface area contributed by atoms with E-state index in [4.69, 9.17) is 4.74 Å². The lowest BCUT2D eigenvalue weighted by Crippen LogP contribution is -2.27. The molecule has 1 fully saturated rings. The number of aromatic nitrogens is 2. The minimum Gasteiger partial charge on any atom is -0.381 e. The largest absolute Gasteiger partial charge is 0.381 e. The molecule has 18 heavy (non-hydrogen) atoms. The van der Waals surface area contributed by atoms with Crippen molar-refractivity contribution in [3.05, 3.63) is 30.1 Å². The van der Waals surface area contributed by atoms with Crippen LogP contribution in [0.5, 0.6) is 0 Å². The predicted molar refractivity (Wildman–Crippen MR) is 71.3 cm³/mol. The quantitative estimate of drug-likeness (QED) is 0.867. The van der Waals surface area contributed by atoms with Gasteiger partial charge in [0.25, 0.3) is 0 Å². The maximum absolute atomic E-state index is 5.36. The topological polar surface area (TPSA) is 49.9 Å². The number of nitrogens with zero attached hydrogens (tertiary/aromatic N) is 1. The summed E-state index contributed by atoms with van der Waals surface area (Å²) >= 11 is 0. The standard InChI is InChI=1S/C14H19N3O/c1-2-4-13-12(3-1)16-14(17-13)10-15-9-11-5-7-18-8-6-11/h1-4,11,15H,5-10H2,(H,16,17). The van der Waals surface area contributed by atoms with Crippen molar-refractivity contribution in [3.63, 3.8) is 0 Å². The molecule has 1 saturated heterocycles. The summed E-state index contributed by atoms with van der Waals surface area (Å²) in [4.78, 5) is 7.89. The van der Waals surface area contributed by atoms with Gasteiger partial charge in [0.1, 0.15) is 5.82 Å². The summed E-state index contributed by atoms with van der Waals surface area (Å²) in [5.74, 6) is 1.77. The molecule has 96 valence electrons. The van der Waals surface area contributed by atoms with E-state index in [1.807, 2.05) is 18.2 Å². The predicted octanol–water partition coefficient (Wildman–Crippen LogP) is 2.08. The van der Waals surface area contributed by atoms with E-state index in [1.165, 1.54) is 12.8 Å². The van der Waals surface area contributed by atoms with Gasteiger partial charge in [-0.05, 0) is 37.4 Å². The molecule has 0 unspecified atom stereocenters. The van der Waals surface area contributed by atoms with Crippen molar-refractivity contribution >= 4 is 11.0 Å². The Morgan fingerprint density at radius 2 is 2.11 bits per heavy atom. The molecule has 1 aromatic carbocycles. The first-order valence-corrected chi connectivity index (χ1v) is 6.64. The molecule has 0 atom stereocenters. The van der Waals surface area contributed by atoms with Crippen LogP contribution in [0.15, 0.2) is 24.3 Å². The Kier molecular flexibility index (Phi) is 3.57. The average Bonchev–Trinajstić information content (AvgIpc) is 2.82. The van der Waals surface area contributed by atoms with Gasteiger partial charge in [0, 0.05) is 13.2 Å². The number of para-hydroxylation sites is 2. The second kappa shape index (κ2) is 5.50. The van der Waals surface area contributed by atoms with Gasteiger partial charge in [0.2, 0.25) is 0 Å². The molecule has 0 aliphatic carbocycles. The molecule has 4 nitrogen and oxygen atoms in total. The molecule has 0 saturated carbocycles. The molecule has 3 rings (SSSR count). The van der Waals surface area contributed by atoms with E-state index in [9.17, 15) is 0 Å². The molecular weight excluding hydrogens is 226 g/mol. The van der Waals surface area contributed by atoms with Crippen LogP contribution in [0.4, 0.5) is 0 Å². The van der Waals surface area contributed by atoms with E-state index in [0.717, 1.165) is 49.1 Å². The van der Waals surface area contributed by atoms with E-state index in [-0.39, 0.29) is 0 Å². The molecule has 0 spiro atoms. The highest BCUT2D eigenvalue weighted by Crippen LogP contribution is 2.14. The normalized spacial score (nSPS) is 17.3. The molecule has 1 aliphatic rings. The van der Waals surface area contributed by atoms with Crippen molar-refractivity contribution in [2.45, 2.75) is 19.4 Å². The Morgan fingerprint density at radius 3 is 2.94 bits per heavy atom. The van der Waals surface area contributed by atoms with Gasteiger partial charge in [-0.2, -0.15) is 0 Å².